The van der Waals surface area contributed by atoms with Crippen molar-refractivity contribution in [2.75, 3.05) is 26.5 Å². The molecule has 2 fully saturated rings. The molecular formula is C29H37N3O4. The van der Waals surface area contributed by atoms with Gasteiger partial charge in [-0.05, 0) is 49.0 Å². The summed E-state index contributed by atoms with van der Waals surface area (Å²) in [6, 6.07) is 16.2. The molecule has 3 aliphatic rings. The van der Waals surface area contributed by atoms with Gasteiger partial charge in [0.05, 0.1) is 37.8 Å². The number of ether oxygens (including phenoxy) is 3. The lowest BCUT2D eigenvalue weighted by Gasteiger charge is -2.28. The lowest BCUT2D eigenvalue weighted by Crippen LogP contribution is -2.46. The minimum atomic E-state index is -0.554. The largest absolute Gasteiger partial charge is 0.390 e. The molecule has 3 heterocycles. The highest BCUT2D eigenvalue weighted by molar-refractivity contribution is 5.66. The molecule has 36 heavy (non-hydrogen) atoms. The van der Waals surface area contributed by atoms with Crippen molar-refractivity contribution in [1.29, 1.82) is 0 Å². The van der Waals surface area contributed by atoms with Crippen molar-refractivity contribution in [2.45, 2.75) is 56.8 Å². The summed E-state index contributed by atoms with van der Waals surface area (Å²) in [5, 5.41) is 18.0. The third-order valence-corrected chi connectivity index (χ3v) is 7.33. The van der Waals surface area contributed by atoms with Gasteiger partial charge >= 0.3 is 0 Å². The number of allylic oxidation sites excluding steroid dienone is 3. The number of hydrogen-bond donors (Lipinski definition) is 3. The number of nitrogens with zero attached hydrogens (tertiary/aromatic N) is 1. The van der Waals surface area contributed by atoms with Crippen LogP contribution in [0.5, 0.6) is 0 Å². The van der Waals surface area contributed by atoms with Gasteiger partial charge in [0.25, 0.3) is 0 Å². The molecule has 192 valence electrons. The van der Waals surface area contributed by atoms with E-state index in [0.717, 1.165) is 44.5 Å². The second kappa shape index (κ2) is 12.7. The van der Waals surface area contributed by atoms with Gasteiger partial charge in [0.15, 0.2) is 6.29 Å². The molecule has 2 aliphatic heterocycles. The lowest BCUT2D eigenvalue weighted by atomic mass is 9.91. The van der Waals surface area contributed by atoms with Crippen LogP contribution in [0.1, 0.15) is 36.9 Å². The topological polar surface area (TPSA) is 84.9 Å². The van der Waals surface area contributed by atoms with Gasteiger partial charge in [-0.3, -0.25) is 10.3 Å². The van der Waals surface area contributed by atoms with Gasteiger partial charge < -0.3 is 24.6 Å². The molecular weight excluding hydrogens is 454 g/mol. The smallest absolute Gasteiger partial charge is 0.163 e. The zero-order valence-corrected chi connectivity index (χ0v) is 20.7. The molecule has 0 amide bonds. The van der Waals surface area contributed by atoms with Gasteiger partial charge in [-0.2, -0.15) is 0 Å². The minimum Gasteiger partial charge on any atom is -0.390 e. The van der Waals surface area contributed by atoms with Gasteiger partial charge in [-0.1, -0.05) is 54.1 Å². The quantitative estimate of drug-likeness (QED) is 0.392. The van der Waals surface area contributed by atoms with Crippen LogP contribution in [0, 0.1) is 5.92 Å². The number of aromatic nitrogens is 1. The number of fused-ring (bicyclic) bond motifs is 1. The van der Waals surface area contributed by atoms with Gasteiger partial charge in [0.2, 0.25) is 0 Å². The van der Waals surface area contributed by atoms with Crippen molar-refractivity contribution >= 4 is 5.57 Å². The fourth-order valence-corrected chi connectivity index (χ4v) is 5.21. The summed E-state index contributed by atoms with van der Waals surface area (Å²) in [7, 11) is 0. The summed E-state index contributed by atoms with van der Waals surface area (Å²) in [5.74, 6) is 0.305. The summed E-state index contributed by atoms with van der Waals surface area (Å²) in [5.41, 5.74) is 4.82. The van der Waals surface area contributed by atoms with Crippen molar-refractivity contribution in [1.82, 2.24) is 15.6 Å². The van der Waals surface area contributed by atoms with Crippen molar-refractivity contribution in [3.8, 4) is 0 Å². The Morgan fingerprint density at radius 2 is 1.94 bits per heavy atom. The SMILES string of the molecule is OC(CNCc1ccccc1)C(CC1=CC=C(c2ccccn2)CC1)NCOC1COC2OCCC12. The van der Waals surface area contributed by atoms with Crippen molar-refractivity contribution in [2.24, 2.45) is 5.92 Å². The van der Waals surface area contributed by atoms with Gasteiger partial charge in [0, 0.05) is 31.2 Å². The van der Waals surface area contributed by atoms with E-state index in [9.17, 15) is 5.11 Å². The van der Waals surface area contributed by atoms with Gasteiger partial charge in [0.1, 0.15) is 0 Å². The van der Waals surface area contributed by atoms with Gasteiger partial charge in [-0.25, -0.2) is 0 Å². The first-order valence-electron chi connectivity index (χ1n) is 13.1. The molecule has 2 aromatic rings. The van der Waals surface area contributed by atoms with E-state index < -0.39 is 6.10 Å². The number of benzene rings is 1. The van der Waals surface area contributed by atoms with E-state index in [0.29, 0.717) is 25.8 Å². The first-order chi connectivity index (χ1) is 17.8. The van der Waals surface area contributed by atoms with Crippen LogP contribution in [0.2, 0.25) is 0 Å². The number of rotatable bonds is 12. The van der Waals surface area contributed by atoms with Crippen molar-refractivity contribution in [3.05, 3.63) is 83.7 Å². The number of hydrogen-bond acceptors (Lipinski definition) is 7. The zero-order valence-electron chi connectivity index (χ0n) is 20.7. The maximum absolute atomic E-state index is 11.1. The van der Waals surface area contributed by atoms with E-state index in [1.54, 1.807) is 0 Å². The number of nitrogens with one attached hydrogen (secondary N) is 2. The van der Waals surface area contributed by atoms with E-state index in [2.05, 4.69) is 46.0 Å². The maximum atomic E-state index is 11.1. The van der Waals surface area contributed by atoms with E-state index in [-0.39, 0.29) is 18.4 Å². The predicted octanol–water partition coefficient (Wildman–Crippen LogP) is 3.42. The van der Waals surface area contributed by atoms with Crippen LogP contribution in [-0.2, 0) is 20.8 Å². The molecule has 5 atom stereocenters. The predicted molar refractivity (Wildman–Crippen MR) is 139 cm³/mol. The van der Waals surface area contributed by atoms with E-state index in [1.165, 1.54) is 16.7 Å². The molecule has 0 radical (unpaired) electrons. The van der Waals surface area contributed by atoms with Crippen molar-refractivity contribution < 1.29 is 19.3 Å². The third-order valence-electron chi connectivity index (χ3n) is 7.33. The molecule has 1 aliphatic carbocycles. The Morgan fingerprint density at radius 3 is 2.75 bits per heavy atom. The zero-order chi connectivity index (χ0) is 24.6. The lowest BCUT2D eigenvalue weighted by molar-refractivity contribution is -0.0909. The molecule has 2 saturated heterocycles. The fourth-order valence-electron chi connectivity index (χ4n) is 5.21. The summed E-state index contributed by atoms with van der Waals surface area (Å²) in [4.78, 5) is 4.48. The van der Waals surface area contributed by atoms with Crippen LogP contribution in [0.3, 0.4) is 0 Å². The summed E-state index contributed by atoms with van der Waals surface area (Å²) < 4.78 is 17.5. The Kier molecular flexibility index (Phi) is 8.93. The molecule has 0 bridgehead atoms. The van der Waals surface area contributed by atoms with E-state index in [4.69, 9.17) is 14.2 Å². The Hall–Kier alpha value is -2.39. The third kappa shape index (κ3) is 6.68. The molecule has 0 saturated carbocycles. The van der Waals surface area contributed by atoms with Crippen LogP contribution in [0.15, 0.2) is 72.5 Å². The second-order valence-electron chi connectivity index (χ2n) is 9.80. The first kappa shape index (κ1) is 25.3. The number of aliphatic hydroxyl groups excluding tert-OH is 1. The Bertz CT molecular complexity index is 1010. The van der Waals surface area contributed by atoms with Gasteiger partial charge in [-0.15, -0.1) is 0 Å². The second-order valence-corrected chi connectivity index (χ2v) is 9.80. The van der Waals surface area contributed by atoms with E-state index in [1.807, 2.05) is 36.5 Å². The molecule has 1 aromatic heterocycles. The average molecular weight is 492 g/mol. The van der Waals surface area contributed by atoms with E-state index >= 15 is 0 Å². The number of aliphatic hydroxyl groups is 1. The molecule has 5 rings (SSSR count). The monoisotopic (exact) mass is 491 g/mol. The Labute approximate surface area is 213 Å². The van der Waals surface area contributed by atoms with Crippen LogP contribution < -0.4 is 10.6 Å². The van der Waals surface area contributed by atoms with Crippen LogP contribution in [0.4, 0.5) is 0 Å². The average Bonchev–Trinajstić information content (AvgIpc) is 3.55. The Morgan fingerprint density at radius 1 is 1.06 bits per heavy atom. The molecule has 7 nitrogen and oxygen atoms in total. The fraction of sp³-hybridized carbons (Fsp3) is 0.483. The minimum absolute atomic E-state index is 0.0387. The molecule has 0 spiro atoms. The standard InChI is InChI=1S/C29H37N3O4/c33-27(18-30-17-22-6-2-1-3-7-22)26(32-20-36-28-19-35-29-24(28)13-15-34-29)16-21-9-11-23(12-10-21)25-8-4-5-14-31-25/h1-9,11,14,24,26-30,32-33H,10,12-13,15-20H2. The summed E-state index contributed by atoms with van der Waals surface area (Å²) >= 11 is 0. The van der Waals surface area contributed by atoms with Crippen LogP contribution >= 0.6 is 0 Å². The summed E-state index contributed by atoms with van der Waals surface area (Å²) in [6.07, 6.45) is 9.22. The molecule has 5 unspecified atom stereocenters. The van der Waals surface area contributed by atoms with Crippen LogP contribution in [0.25, 0.3) is 5.57 Å². The normalized spacial score (nSPS) is 25.2. The van der Waals surface area contributed by atoms with Crippen molar-refractivity contribution in [3.63, 3.8) is 0 Å². The Balaban J connectivity index is 1.17. The number of pyridine rings is 1. The highest BCUT2D eigenvalue weighted by atomic mass is 16.7. The molecule has 1 aromatic carbocycles. The van der Waals surface area contributed by atoms with Crippen LogP contribution in [-0.4, -0.2) is 61.1 Å². The molecule has 7 heteroatoms. The highest BCUT2D eigenvalue weighted by Gasteiger charge is 2.42. The molecule has 3 N–H and O–H groups in total. The first-order valence-corrected chi connectivity index (χ1v) is 13.1. The summed E-state index contributed by atoms with van der Waals surface area (Å²) in [6.45, 7) is 2.90. The maximum Gasteiger partial charge on any atom is 0.163 e. The highest BCUT2D eigenvalue weighted by Crippen LogP contribution is 2.33.